The smallest absolute Gasteiger partial charge is 0.318 e. The van der Waals surface area contributed by atoms with Crippen LogP contribution in [0.5, 0.6) is 0 Å². The summed E-state index contributed by atoms with van der Waals surface area (Å²) in [5, 5.41) is 13.8. The molecule has 4 saturated carbocycles. The summed E-state index contributed by atoms with van der Waals surface area (Å²) in [5.41, 5.74) is -1.54. The van der Waals surface area contributed by atoms with Crippen molar-refractivity contribution in [3.8, 4) is 0 Å². The third-order valence-electron chi connectivity index (χ3n) is 8.02. The number of carbonyl (C=O) groups is 2. The molecule has 0 N–H and O–H groups in total. The Morgan fingerprint density at radius 1 is 0.933 bits per heavy atom. The van der Waals surface area contributed by atoms with E-state index in [1.54, 1.807) is 0 Å². The predicted octanol–water partition coefficient (Wildman–Crippen LogP) is 4.46. The number of hydrogen-bond donors (Lipinski definition) is 0. The standard InChI is InChI=1S/C23H35INO5/c1-13(24)19(26)30-18-15-6-14-7-16(18)10-23(8-14,9-15)20(27)29-17-11-21(2,3)25(28)22(4,5)12-17/h13-18H,6-12H2,1-5H3. The van der Waals surface area contributed by atoms with Gasteiger partial charge < -0.3 is 9.47 Å². The lowest BCUT2D eigenvalue weighted by Crippen LogP contribution is -2.61. The molecule has 169 valence electrons. The lowest BCUT2D eigenvalue weighted by atomic mass is 9.48. The first-order chi connectivity index (χ1) is 13.8. The highest BCUT2D eigenvalue weighted by atomic mass is 127. The Kier molecular flexibility index (Phi) is 5.75. The molecule has 4 bridgehead atoms. The number of rotatable bonds is 4. The van der Waals surface area contributed by atoms with Gasteiger partial charge in [0.05, 0.1) is 5.41 Å². The third kappa shape index (κ3) is 3.91. The molecule has 0 aromatic heterocycles. The summed E-state index contributed by atoms with van der Waals surface area (Å²) >= 11 is 2.10. The number of nitrogens with zero attached hydrogens (tertiary/aromatic N) is 1. The van der Waals surface area contributed by atoms with Crippen LogP contribution >= 0.6 is 22.6 Å². The van der Waals surface area contributed by atoms with Gasteiger partial charge in [0, 0.05) is 23.9 Å². The molecule has 6 nitrogen and oxygen atoms in total. The number of alkyl halides is 1. The number of ether oxygens (including phenoxy) is 2. The Morgan fingerprint density at radius 3 is 1.97 bits per heavy atom. The van der Waals surface area contributed by atoms with Crippen LogP contribution in [0.4, 0.5) is 0 Å². The summed E-state index contributed by atoms with van der Waals surface area (Å²) < 4.78 is 11.9. The highest BCUT2D eigenvalue weighted by molar-refractivity contribution is 14.1. The summed E-state index contributed by atoms with van der Waals surface area (Å²) in [5.74, 6) is 0.834. The zero-order chi connectivity index (χ0) is 22.1. The van der Waals surface area contributed by atoms with Crippen molar-refractivity contribution in [1.29, 1.82) is 0 Å². The van der Waals surface area contributed by atoms with Crippen molar-refractivity contribution in [2.45, 2.75) is 107 Å². The molecule has 5 fully saturated rings. The van der Waals surface area contributed by atoms with E-state index in [9.17, 15) is 14.8 Å². The number of esters is 2. The van der Waals surface area contributed by atoms with E-state index in [-0.39, 0.29) is 39.9 Å². The Hall–Kier alpha value is -0.410. The molecular formula is C23H35INO5. The summed E-state index contributed by atoms with van der Waals surface area (Å²) in [6, 6.07) is 0. The molecule has 30 heavy (non-hydrogen) atoms. The van der Waals surface area contributed by atoms with Gasteiger partial charge in [0.15, 0.2) is 0 Å². The minimum absolute atomic E-state index is 0.0474. The second-order valence-corrected chi connectivity index (χ2v) is 13.5. The third-order valence-corrected chi connectivity index (χ3v) is 8.53. The minimum atomic E-state index is -0.552. The Balaban J connectivity index is 1.46. The molecule has 3 unspecified atom stereocenters. The van der Waals surface area contributed by atoms with E-state index >= 15 is 0 Å². The Bertz CT molecular complexity index is 686. The normalized spacial score (nSPS) is 40.8. The van der Waals surface area contributed by atoms with E-state index in [1.165, 1.54) is 5.06 Å². The topological polar surface area (TPSA) is 75.7 Å². The second-order valence-electron chi connectivity index (χ2n) is 11.6. The lowest BCUT2D eigenvalue weighted by molar-refractivity contribution is -0.300. The lowest BCUT2D eigenvalue weighted by Gasteiger charge is -2.58. The van der Waals surface area contributed by atoms with Crippen LogP contribution in [0.2, 0.25) is 0 Å². The minimum Gasteiger partial charge on any atom is -0.462 e. The monoisotopic (exact) mass is 532 g/mol. The SMILES string of the molecule is CC(I)C(=O)OC1C2CC3CC1CC(C(=O)OC1CC(C)(C)N([O])C(C)(C)C1)(C3)C2. The molecule has 1 aliphatic heterocycles. The van der Waals surface area contributed by atoms with E-state index in [4.69, 9.17) is 9.47 Å². The van der Waals surface area contributed by atoms with Crippen LogP contribution in [0.15, 0.2) is 0 Å². The zero-order valence-corrected chi connectivity index (χ0v) is 20.9. The van der Waals surface area contributed by atoms with Crippen molar-refractivity contribution in [1.82, 2.24) is 5.06 Å². The van der Waals surface area contributed by atoms with Crippen LogP contribution in [-0.4, -0.2) is 44.2 Å². The number of hydroxylamine groups is 2. The second kappa shape index (κ2) is 7.58. The fourth-order valence-corrected chi connectivity index (χ4v) is 7.33. The fourth-order valence-electron chi connectivity index (χ4n) is 7.18. The first kappa shape index (κ1) is 22.8. The van der Waals surface area contributed by atoms with Crippen molar-refractivity contribution >= 4 is 34.5 Å². The van der Waals surface area contributed by atoms with Gasteiger partial charge in [-0.2, -0.15) is 0 Å². The molecule has 0 amide bonds. The van der Waals surface area contributed by atoms with Crippen molar-refractivity contribution in [2.75, 3.05) is 0 Å². The molecule has 3 atom stereocenters. The van der Waals surface area contributed by atoms with Crippen LogP contribution in [-0.2, 0) is 24.3 Å². The molecule has 1 radical (unpaired) electrons. The molecule has 0 aromatic rings. The van der Waals surface area contributed by atoms with Crippen LogP contribution in [0.25, 0.3) is 0 Å². The molecular weight excluding hydrogens is 497 g/mol. The van der Waals surface area contributed by atoms with Crippen LogP contribution < -0.4 is 0 Å². The van der Waals surface area contributed by atoms with Gasteiger partial charge in [0.1, 0.15) is 16.1 Å². The van der Waals surface area contributed by atoms with Crippen molar-refractivity contribution in [2.24, 2.45) is 23.2 Å². The highest BCUT2D eigenvalue weighted by Crippen LogP contribution is 2.61. The van der Waals surface area contributed by atoms with E-state index in [0.29, 0.717) is 18.8 Å². The summed E-state index contributed by atoms with van der Waals surface area (Å²) in [6.07, 6.45) is 5.37. The number of piperidine rings is 1. The van der Waals surface area contributed by atoms with Crippen molar-refractivity contribution in [3.63, 3.8) is 0 Å². The quantitative estimate of drug-likeness (QED) is 0.304. The maximum Gasteiger partial charge on any atom is 0.318 e. The fraction of sp³-hybridized carbons (Fsp3) is 0.913. The van der Waals surface area contributed by atoms with Gasteiger partial charge >= 0.3 is 11.9 Å². The molecule has 5 rings (SSSR count). The van der Waals surface area contributed by atoms with Crippen molar-refractivity contribution in [3.05, 3.63) is 0 Å². The molecule has 1 saturated heterocycles. The molecule has 0 spiro atoms. The van der Waals surface area contributed by atoms with Gasteiger partial charge in [0.25, 0.3) is 0 Å². The van der Waals surface area contributed by atoms with Crippen LogP contribution in [0, 0.1) is 23.2 Å². The largest absolute Gasteiger partial charge is 0.462 e. The number of carbonyl (C=O) groups excluding carboxylic acids is 2. The zero-order valence-electron chi connectivity index (χ0n) is 18.8. The maximum absolute atomic E-state index is 13.5. The van der Waals surface area contributed by atoms with E-state index in [0.717, 1.165) is 32.1 Å². The maximum atomic E-state index is 13.5. The van der Waals surface area contributed by atoms with E-state index in [2.05, 4.69) is 22.6 Å². The van der Waals surface area contributed by atoms with Gasteiger partial charge in [-0.1, -0.05) is 22.6 Å². The van der Waals surface area contributed by atoms with E-state index < -0.39 is 16.5 Å². The highest BCUT2D eigenvalue weighted by Gasteiger charge is 2.61. The number of halogens is 1. The van der Waals surface area contributed by atoms with Crippen LogP contribution in [0.3, 0.4) is 0 Å². The molecule has 0 aromatic carbocycles. The Morgan fingerprint density at radius 2 is 1.47 bits per heavy atom. The molecule has 4 aliphatic carbocycles. The predicted molar refractivity (Wildman–Crippen MR) is 119 cm³/mol. The average Bonchev–Trinajstić information content (AvgIpc) is 2.61. The Labute approximate surface area is 193 Å². The van der Waals surface area contributed by atoms with Gasteiger partial charge in [-0.3, -0.25) is 9.59 Å². The van der Waals surface area contributed by atoms with Gasteiger partial charge in [-0.25, -0.2) is 0 Å². The van der Waals surface area contributed by atoms with E-state index in [1.807, 2.05) is 34.6 Å². The van der Waals surface area contributed by atoms with Crippen molar-refractivity contribution < 1.29 is 24.3 Å². The summed E-state index contributed by atoms with van der Waals surface area (Å²) in [7, 11) is 0. The first-order valence-corrected chi connectivity index (χ1v) is 12.6. The van der Waals surface area contributed by atoms with Gasteiger partial charge in [0.2, 0.25) is 0 Å². The van der Waals surface area contributed by atoms with Crippen LogP contribution in [0.1, 0.15) is 79.6 Å². The molecule has 5 aliphatic rings. The first-order valence-electron chi connectivity index (χ1n) is 11.4. The molecule has 7 heteroatoms. The summed E-state index contributed by atoms with van der Waals surface area (Å²) in [4.78, 5) is 25.7. The molecule has 1 heterocycles. The average molecular weight is 532 g/mol. The summed E-state index contributed by atoms with van der Waals surface area (Å²) in [6.45, 7) is 9.58. The van der Waals surface area contributed by atoms with Gasteiger partial charge in [-0.05, 0) is 84.5 Å². The number of hydrogen-bond acceptors (Lipinski definition) is 5. The van der Waals surface area contributed by atoms with Gasteiger partial charge in [-0.15, -0.1) is 10.3 Å².